The second kappa shape index (κ2) is 6.24. The van der Waals surface area contributed by atoms with Crippen molar-refractivity contribution in [1.82, 2.24) is 4.90 Å². The smallest absolute Gasteiger partial charge is 0.222 e. The highest BCUT2D eigenvalue weighted by molar-refractivity contribution is 5.76. The number of ether oxygens (including phenoxy) is 1. The van der Waals surface area contributed by atoms with Gasteiger partial charge in [-0.1, -0.05) is 13.8 Å². The maximum absolute atomic E-state index is 11.7. The summed E-state index contributed by atoms with van der Waals surface area (Å²) in [4.78, 5) is 13.7. The van der Waals surface area contributed by atoms with Crippen molar-refractivity contribution >= 4 is 5.91 Å². The van der Waals surface area contributed by atoms with E-state index in [1.54, 1.807) is 0 Å². The highest BCUT2D eigenvalue weighted by Crippen LogP contribution is 2.23. The van der Waals surface area contributed by atoms with Gasteiger partial charge < -0.3 is 9.64 Å². The largest absolute Gasteiger partial charge is 0.379 e. The molecular weight excluding hydrogens is 202 g/mol. The van der Waals surface area contributed by atoms with E-state index >= 15 is 0 Å². The standard InChI is InChI=1S/C13H25NO2/c1-10(2)12-8-14(9-12)13(15)6-5-7-16-11(3)4/h10-12H,5-9H2,1-4H3. The molecule has 1 heterocycles. The summed E-state index contributed by atoms with van der Waals surface area (Å²) in [7, 11) is 0. The number of carbonyl (C=O) groups is 1. The van der Waals surface area contributed by atoms with E-state index in [0.717, 1.165) is 25.4 Å². The van der Waals surface area contributed by atoms with Crippen LogP contribution in [0.5, 0.6) is 0 Å². The Labute approximate surface area is 99.1 Å². The van der Waals surface area contributed by atoms with Crippen LogP contribution in [-0.4, -0.2) is 36.6 Å². The fraction of sp³-hybridized carbons (Fsp3) is 0.923. The summed E-state index contributed by atoms with van der Waals surface area (Å²) >= 11 is 0. The highest BCUT2D eigenvalue weighted by Gasteiger charge is 2.31. The number of hydrogen-bond donors (Lipinski definition) is 0. The van der Waals surface area contributed by atoms with Crippen LogP contribution in [0.4, 0.5) is 0 Å². The zero-order valence-corrected chi connectivity index (χ0v) is 11.0. The first kappa shape index (κ1) is 13.5. The number of rotatable bonds is 6. The molecule has 94 valence electrons. The molecule has 1 rings (SSSR count). The lowest BCUT2D eigenvalue weighted by Gasteiger charge is -2.41. The van der Waals surface area contributed by atoms with Gasteiger partial charge in [-0.05, 0) is 32.1 Å². The van der Waals surface area contributed by atoms with Crippen LogP contribution in [0, 0.1) is 11.8 Å². The normalized spacial score (nSPS) is 17.0. The van der Waals surface area contributed by atoms with Crippen LogP contribution in [-0.2, 0) is 9.53 Å². The average Bonchev–Trinajstić information content (AvgIpc) is 2.08. The molecule has 16 heavy (non-hydrogen) atoms. The van der Waals surface area contributed by atoms with E-state index in [4.69, 9.17) is 4.74 Å². The lowest BCUT2D eigenvalue weighted by atomic mass is 9.88. The molecule has 0 radical (unpaired) electrons. The minimum absolute atomic E-state index is 0.268. The van der Waals surface area contributed by atoms with Crippen LogP contribution < -0.4 is 0 Å². The Morgan fingerprint density at radius 3 is 2.44 bits per heavy atom. The average molecular weight is 227 g/mol. The first-order chi connectivity index (χ1) is 7.50. The van der Waals surface area contributed by atoms with E-state index in [1.165, 1.54) is 0 Å². The van der Waals surface area contributed by atoms with Crippen LogP contribution in [0.25, 0.3) is 0 Å². The number of amides is 1. The molecule has 0 aromatic heterocycles. The van der Waals surface area contributed by atoms with Crippen molar-refractivity contribution in [3.8, 4) is 0 Å². The molecule has 0 aliphatic carbocycles. The van der Waals surface area contributed by atoms with E-state index in [2.05, 4.69) is 13.8 Å². The van der Waals surface area contributed by atoms with Crippen molar-refractivity contribution in [3.63, 3.8) is 0 Å². The van der Waals surface area contributed by atoms with Gasteiger partial charge in [0.25, 0.3) is 0 Å². The van der Waals surface area contributed by atoms with E-state index in [-0.39, 0.29) is 6.10 Å². The molecule has 1 aliphatic rings. The molecule has 0 saturated carbocycles. The van der Waals surface area contributed by atoms with E-state index in [9.17, 15) is 4.79 Å². The van der Waals surface area contributed by atoms with Gasteiger partial charge >= 0.3 is 0 Å². The predicted molar refractivity (Wildman–Crippen MR) is 65.2 cm³/mol. The zero-order chi connectivity index (χ0) is 12.1. The molecule has 3 heteroatoms. The Hall–Kier alpha value is -0.570. The lowest BCUT2D eigenvalue weighted by Crippen LogP contribution is -2.51. The third kappa shape index (κ3) is 4.12. The van der Waals surface area contributed by atoms with Gasteiger partial charge in [-0.3, -0.25) is 4.79 Å². The molecule has 0 aromatic carbocycles. The van der Waals surface area contributed by atoms with Crippen molar-refractivity contribution < 1.29 is 9.53 Å². The third-order valence-corrected chi connectivity index (χ3v) is 3.19. The van der Waals surface area contributed by atoms with Crippen LogP contribution in [0.2, 0.25) is 0 Å². The van der Waals surface area contributed by atoms with Gasteiger partial charge in [-0.15, -0.1) is 0 Å². The number of nitrogens with zero attached hydrogens (tertiary/aromatic N) is 1. The summed E-state index contributed by atoms with van der Waals surface area (Å²) in [6.07, 6.45) is 1.75. The summed E-state index contributed by atoms with van der Waals surface area (Å²) in [5.74, 6) is 1.72. The zero-order valence-electron chi connectivity index (χ0n) is 11.0. The Morgan fingerprint density at radius 2 is 1.94 bits per heavy atom. The molecule has 0 spiro atoms. The third-order valence-electron chi connectivity index (χ3n) is 3.19. The van der Waals surface area contributed by atoms with Crippen molar-refractivity contribution in [1.29, 1.82) is 0 Å². The predicted octanol–water partition coefficient (Wildman–Crippen LogP) is 2.31. The number of carbonyl (C=O) groups excluding carboxylic acids is 1. The summed E-state index contributed by atoms with van der Waals surface area (Å²) < 4.78 is 5.41. The van der Waals surface area contributed by atoms with Crippen LogP contribution in [0.3, 0.4) is 0 Å². The number of hydrogen-bond acceptors (Lipinski definition) is 2. The maximum atomic E-state index is 11.7. The summed E-state index contributed by atoms with van der Waals surface area (Å²) in [5.41, 5.74) is 0. The minimum Gasteiger partial charge on any atom is -0.379 e. The molecule has 0 unspecified atom stereocenters. The topological polar surface area (TPSA) is 29.5 Å². The van der Waals surface area contributed by atoms with Gasteiger partial charge in [0.1, 0.15) is 0 Å². The first-order valence-electron chi connectivity index (χ1n) is 6.40. The molecular formula is C13H25NO2. The van der Waals surface area contributed by atoms with Crippen LogP contribution in [0.15, 0.2) is 0 Å². The van der Waals surface area contributed by atoms with Crippen LogP contribution in [0.1, 0.15) is 40.5 Å². The second-order valence-electron chi connectivity index (χ2n) is 5.33. The summed E-state index contributed by atoms with van der Waals surface area (Å²) in [5, 5.41) is 0. The molecule has 0 atom stereocenters. The second-order valence-corrected chi connectivity index (χ2v) is 5.33. The fourth-order valence-electron chi connectivity index (χ4n) is 1.84. The van der Waals surface area contributed by atoms with Crippen molar-refractivity contribution in [3.05, 3.63) is 0 Å². The van der Waals surface area contributed by atoms with Crippen molar-refractivity contribution in [2.24, 2.45) is 11.8 Å². The molecule has 1 aliphatic heterocycles. The van der Waals surface area contributed by atoms with Crippen LogP contribution >= 0.6 is 0 Å². The molecule has 1 saturated heterocycles. The lowest BCUT2D eigenvalue weighted by molar-refractivity contribution is -0.139. The van der Waals surface area contributed by atoms with Crippen molar-refractivity contribution in [2.45, 2.75) is 46.6 Å². The van der Waals surface area contributed by atoms with E-state index < -0.39 is 0 Å². The summed E-state index contributed by atoms with van der Waals surface area (Å²) in [6.45, 7) is 11.1. The molecule has 3 nitrogen and oxygen atoms in total. The molecule has 0 aromatic rings. The SMILES string of the molecule is CC(C)OCCCC(=O)N1CC(C(C)C)C1. The maximum Gasteiger partial charge on any atom is 0.222 e. The van der Waals surface area contributed by atoms with Gasteiger partial charge in [-0.2, -0.15) is 0 Å². The minimum atomic E-state index is 0.268. The number of likely N-dealkylation sites (tertiary alicyclic amines) is 1. The van der Waals surface area contributed by atoms with Gasteiger partial charge in [0, 0.05) is 26.1 Å². The van der Waals surface area contributed by atoms with Gasteiger partial charge in [-0.25, -0.2) is 0 Å². The Balaban J connectivity index is 2.05. The Morgan fingerprint density at radius 1 is 1.31 bits per heavy atom. The Bertz CT molecular complexity index is 220. The summed E-state index contributed by atoms with van der Waals surface area (Å²) in [6, 6.07) is 0. The quantitative estimate of drug-likeness (QED) is 0.652. The monoisotopic (exact) mass is 227 g/mol. The van der Waals surface area contributed by atoms with Crippen molar-refractivity contribution in [2.75, 3.05) is 19.7 Å². The van der Waals surface area contributed by atoms with E-state index in [1.807, 2.05) is 18.7 Å². The van der Waals surface area contributed by atoms with Gasteiger partial charge in [0.05, 0.1) is 6.10 Å². The molecule has 0 N–H and O–H groups in total. The molecule has 1 fully saturated rings. The van der Waals surface area contributed by atoms with Gasteiger partial charge in [0.2, 0.25) is 5.91 Å². The molecule has 0 bridgehead atoms. The Kier molecular flexibility index (Phi) is 5.26. The first-order valence-corrected chi connectivity index (χ1v) is 6.40. The molecule has 1 amide bonds. The van der Waals surface area contributed by atoms with Gasteiger partial charge in [0.15, 0.2) is 0 Å². The highest BCUT2D eigenvalue weighted by atomic mass is 16.5. The van der Waals surface area contributed by atoms with E-state index in [0.29, 0.717) is 24.9 Å². The fourth-order valence-corrected chi connectivity index (χ4v) is 1.84.